The highest BCUT2D eigenvalue weighted by molar-refractivity contribution is 4.89. The van der Waals surface area contributed by atoms with Crippen LogP contribution in [-0.4, -0.2) is 51.2 Å². The Bertz CT molecular complexity index is 330. The minimum Gasteiger partial charge on any atom is -0.305 e. The molecule has 2 heterocycles. The number of tetrazole rings is 1. The first kappa shape index (κ1) is 13.4. The molecule has 1 saturated heterocycles. The molecule has 1 aliphatic heterocycles. The van der Waals surface area contributed by atoms with Crippen LogP contribution in [0.2, 0.25) is 0 Å². The van der Waals surface area contributed by atoms with Crippen LogP contribution in [0.5, 0.6) is 0 Å². The molecule has 1 aromatic heterocycles. The zero-order chi connectivity index (χ0) is 13.0. The van der Waals surface area contributed by atoms with Crippen LogP contribution in [0.1, 0.15) is 45.5 Å². The predicted molar refractivity (Wildman–Crippen MR) is 70.0 cm³/mol. The van der Waals surface area contributed by atoms with Gasteiger partial charge in [0.05, 0.1) is 6.04 Å². The lowest BCUT2D eigenvalue weighted by Crippen LogP contribution is -2.42. The minimum absolute atomic E-state index is 0.156. The van der Waals surface area contributed by atoms with Gasteiger partial charge in [0.25, 0.3) is 0 Å². The third-order valence-corrected chi connectivity index (χ3v) is 4.05. The fraction of sp³-hybridized carbons (Fsp3) is 0.917. The molecule has 6 heteroatoms. The number of rotatable bonds is 5. The normalized spacial score (nSPS) is 21.9. The van der Waals surface area contributed by atoms with Crippen molar-refractivity contribution in [3.05, 3.63) is 5.82 Å². The second-order valence-electron chi connectivity index (χ2n) is 5.22. The Kier molecular flexibility index (Phi) is 4.66. The summed E-state index contributed by atoms with van der Waals surface area (Å²) in [5.41, 5.74) is 0. The van der Waals surface area contributed by atoms with Crippen LogP contribution < -0.4 is 5.32 Å². The fourth-order valence-electron chi connectivity index (χ4n) is 2.73. The molecular formula is C12H24N6. The summed E-state index contributed by atoms with van der Waals surface area (Å²) in [5.74, 6) is 1.50. The van der Waals surface area contributed by atoms with E-state index < -0.39 is 0 Å². The zero-order valence-electron chi connectivity index (χ0n) is 11.6. The average Bonchev–Trinajstić information content (AvgIpc) is 2.92. The average molecular weight is 252 g/mol. The number of hydrogen-bond donors (Lipinski definition) is 2. The molecule has 0 aromatic carbocycles. The van der Waals surface area contributed by atoms with E-state index in [1.807, 2.05) is 0 Å². The quantitative estimate of drug-likeness (QED) is 0.817. The Hall–Kier alpha value is -1.01. The third-order valence-electron chi connectivity index (χ3n) is 4.05. The molecule has 0 saturated carbocycles. The zero-order valence-corrected chi connectivity index (χ0v) is 11.6. The Labute approximate surface area is 109 Å². The highest BCUT2D eigenvalue weighted by atomic mass is 15.5. The van der Waals surface area contributed by atoms with Gasteiger partial charge >= 0.3 is 0 Å². The number of nitrogens with zero attached hydrogens (tertiary/aromatic N) is 4. The maximum absolute atomic E-state index is 4.02. The summed E-state index contributed by atoms with van der Waals surface area (Å²) in [6, 6.07) is 0.653. The van der Waals surface area contributed by atoms with E-state index >= 15 is 0 Å². The van der Waals surface area contributed by atoms with Gasteiger partial charge in [-0.25, -0.2) is 0 Å². The first-order chi connectivity index (χ1) is 8.70. The second kappa shape index (κ2) is 6.24. The van der Waals surface area contributed by atoms with E-state index in [1.165, 1.54) is 32.5 Å². The van der Waals surface area contributed by atoms with Crippen molar-refractivity contribution in [3.63, 3.8) is 0 Å². The summed E-state index contributed by atoms with van der Waals surface area (Å²) in [4.78, 5) is 2.52. The number of H-pyrrole nitrogens is 1. The molecular weight excluding hydrogens is 228 g/mol. The number of nitrogens with one attached hydrogen (secondary N) is 2. The Morgan fingerprint density at radius 1 is 1.39 bits per heavy atom. The summed E-state index contributed by atoms with van der Waals surface area (Å²) in [6.45, 7) is 10.2. The second-order valence-corrected chi connectivity index (χ2v) is 5.22. The number of piperidine rings is 1. The topological polar surface area (TPSA) is 69.7 Å². The van der Waals surface area contributed by atoms with E-state index in [0.29, 0.717) is 6.04 Å². The van der Waals surface area contributed by atoms with E-state index in [0.717, 1.165) is 11.7 Å². The maximum Gasteiger partial charge on any atom is 0.191 e. The van der Waals surface area contributed by atoms with Crippen LogP contribution in [0, 0.1) is 5.92 Å². The number of aromatic amines is 1. The van der Waals surface area contributed by atoms with Crippen molar-refractivity contribution >= 4 is 0 Å². The molecule has 2 unspecified atom stereocenters. The molecule has 102 valence electrons. The first-order valence-corrected chi connectivity index (χ1v) is 6.92. The van der Waals surface area contributed by atoms with Crippen molar-refractivity contribution in [2.45, 2.75) is 45.7 Å². The predicted octanol–water partition coefficient (Wildman–Crippen LogP) is 0.971. The molecule has 1 aliphatic rings. The van der Waals surface area contributed by atoms with Crippen molar-refractivity contribution < 1.29 is 0 Å². The molecule has 2 atom stereocenters. The van der Waals surface area contributed by atoms with E-state index in [9.17, 15) is 0 Å². The molecule has 0 spiro atoms. The SMILES string of the molecule is CCN1CCC(C(C)NC(C)c2nn[nH]n2)CC1. The monoisotopic (exact) mass is 252 g/mol. The highest BCUT2D eigenvalue weighted by Crippen LogP contribution is 2.21. The van der Waals surface area contributed by atoms with Crippen LogP contribution in [-0.2, 0) is 0 Å². The Balaban J connectivity index is 1.80. The van der Waals surface area contributed by atoms with Gasteiger partial charge < -0.3 is 10.2 Å². The highest BCUT2D eigenvalue weighted by Gasteiger charge is 2.24. The lowest BCUT2D eigenvalue weighted by atomic mass is 9.90. The van der Waals surface area contributed by atoms with E-state index in [1.54, 1.807) is 0 Å². The molecule has 1 fully saturated rings. The lowest BCUT2D eigenvalue weighted by Gasteiger charge is -2.35. The van der Waals surface area contributed by atoms with Gasteiger partial charge in [-0.2, -0.15) is 5.21 Å². The van der Waals surface area contributed by atoms with Gasteiger partial charge in [-0.15, -0.1) is 10.2 Å². The van der Waals surface area contributed by atoms with E-state index in [4.69, 9.17) is 0 Å². The number of likely N-dealkylation sites (tertiary alicyclic amines) is 1. The van der Waals surface area contributed by atoms with Gasteiger partial charge in [-0.05, 0) is 52.2 Å². The van der Waals surface area contributed by atoms with Crippen molar-refractivity contribution in [1.82, 2.24) is 30.8 Å². The molecule has 0 amide bonds. The van der Waals surface area contributed by atoms with Crippen molar-refractivity contribution in [1.29, 1.82) is 0 Å². The number of hydrogen-bond acceptors (Lipinski definition) is 5. The van der Waals surface area contributed by atoms with Gasteiger partial charge in [0, 0.05) is 6.04 Å². The van der Waals surface area contributed by atoms with Crippen molar-refractivity contribution in [3.8, 4) is 0 Å². The molecule has 0 aliphatic carbocycles. The molecule has 0 bridgehead atoms. The summed E-state index contributed by atoms with van der Waals surface area (Å²) in [6.07, 6.45) is 2.56. The Morgan fingerprint density at radius 3 is 2.67 bits per heavy atom. The van der Waals surface area contributed by atoms with Crippen LogP contribution in [0.3, 0.4) is 0 Å². The molecule has 6 nitrogen and oxygen atoms in total. The minimum atomic E-state index is 0.156. The van der Waals surface area contributed by atoms with Crippen molar-refractivity contribution in [2.75, 3.05) is 19.6 Å². The lowest BCUT2D eigenvalue weighted by molar-refractivity contribution is 0.164. The summed E-state index contributed by atoms with van der Waals surface area (Å²) in [5, 5.41) is 17.7. The number of aromatic nitrogens is 4. The smallest absolute Gasteiger partial charge is 0.191 e. The summed E-state index contributed by atoms with van der Waals surface area (Å²) >= 11 is 0. The molecule has 1 aromatic rings. The van der Waals surface area contributed by atoms with Crippen LogP contribution in [0.15, 0.2) is 0 Å². The van der Waals surface area contributed by atoms with Gasteiger partial charge in [-0.3, -0.25) is 0 Å². The standard InChI is InChI=1S/C12H24N6/c1-4-18-7-5-11(6-8-18)9(2)13-10(3)12-14-16-17-15-12/h9-11,13H,4-8H2,1-3H3,(H,14,15,16,17). The van der Waals surface area contributed by atoms with Crippen LogP contribution in [0.25, 0.3) is 0 Å². The van der Waals surface area contributed by atoms with Crippen molar-refractivity contribution in [2.24, 2.45) is 5.92 Å². The fourth-order valence-corrected chi connectivity index (χ4v) is 2.73. The maximum atomic E-state index is 4.02. The van der Waals surface area contributed by atoms with Gasteiger partial charge in [0.1, 0.15) is 0 Å². The summed E-state index contributed by atoms with van der Waals surface area (Å²) in [7, 11) is 0. The molecule has 2 N–H and O–H groups in total. The van der Waals surface area contributed by atoms with E-state index in [-0.39, 0.29) is 6.04 Å². The first-order valence-electron chi connectivity index (χ1n) is 6.92. The molecule has 0 radical (unpaired) electrons. The van der Waals surface area contributed by atoms with Gasteiger partial charge in [0.2, 0.25) is 0 Å². The van der Waals surface area contributed by atoms with Gasteiger partial charge in [0.15, 0.2) is 5.82 Å². The summed E-state index contributed by atoms with van der Waals surface area (Å²) < 4.78 is 0. The molecule has 2 rings (SSSR count). The van der Waals surface area contributed by atoms with E-state index in [2.05, 4.69) is 51.6 Å². The van der Waals surface area contributed by atoms with Gasteiger partial charge in [-0.1, -0.05) is 12.1 Å². The largest absolute Gasteiger partial charge is 0.305 e. The van der Waals surface area contributed by atoms with Crippen LogP contribution in [0.4, 0.5) is 0 Å². The molecule has 18 heavy (non-hydrogen) atoms. The third kappa shape index (κ3) is 3.26. The van der Waals surface area contributed by atoms with Crippen LogP contribution >= 0.6 is 0 Å². The Morgan fingerprint density at radius 2 is 2.11 bits per heavy atom.